The number of hydrogen-bond acceptors (Lipinski definition) is 3. The number of carbonyl (C=O) groups is 1. The summed E-state index contributed by atoms with van der Waals surface area (Å²) >= 11 is 3.40. The molecule has 2 heterocycles. The Morgan fingerprint density at radius 2 is 2.10 bits per heavy atom. The molecule has 1 aromatic carbocycles. The van der Waals surface area contributed by atoms with Crippen LogP contribution in [-0.2, 0) is 0 Å². The van der Waals surface area contributed by atoms with Crippen LogP contribution in [0, 0.1) is 5.92 Å². The van der Waals surface area contributed by atoms with Crippen molar-refractivity contribution in [2.75, 3.05) is 13.1 Å². The van der Waals surface area contributed by atoms with Gasteiger partial charge < -0.3 is 4.90 Å². The topological polar surface area (TPSA) is 51.0 Å². The van der Waals surface area contributed by atoms with Gasteiger partial charge in [-0.1, -0.05) is 28.1 Å². The first-order valence-electron chi connectivity index (χ1n) is 7.11. The third-order valence-electron chi connectivity index (χ3n) is 3.75. The number of nitrogens with zero attached hydrogens (tertiary/aromatic N) is 4. The molecule has 0 aliphatic carbocycles. The fraction of sp³-hybridized carbons (Fsp3) is 0.400. The van der Waals surface area contributed by atoms with Crippen LogP contribution in [-0.4, -0.2) is 38.9 Å². The van der Waals surface area contributed by atoms with E-state index < -0.39 is 0 Å². The van der Waals surface area contributed by atoms with Gasteiger partial charge in [0.05, 0.1) is 11.9 Å². The molecule has 0 N–H and O–H groups in total. The highest BCUT2D eigenvalue weighted by molar-refractivity contribution is 9.10. The molecule has 3 rings (SSSR count). The average Bonchev–Trinajstić information content (AvgIpc) is 2.97. The van der Waals surface area contributed by atoms with Crippen LogP contribution >= 0.6 is 15.9 Å². The zero-order valence-electron chi connectivity index (χ0n) is 11.9. The molecule has 0 unspecified atom stereocenters. The van der Waals surface area contributed by atoms with Gasteiger partial charge in [-0.25, -0.2) is 4.68 Å². The summed E-state index contributed by atoms with van der Waals surface area (Å²) in [6, 6.07) is 7.72. The van der Waals surface area contributed by atoms with Crippen LogP contribution in [0.15, 0.2) is 34.9 Å². The van der Waals surface area contributed by atoms with Crippen molar-refractivity contribution in [2.24, 2.45) is 5.92 Å². The van der Waals surface area contributed by atoms with Gasteiger partial charge in [0.1, 0.15) is 0 Å². The predicted molar refractivity (Wildman–Crippen MR) is 83.4 cm³/mol. The molecule has 1 aliphatic heterocycles. The van der Waals surface area contributed by atoms with Gasteiger partial charge >= 0.3 is 0 Å². The number of benzene rings is 1. The standard InChI is InChI=1S/C15H17BrN4O/c1-11-3-2-8-19(9-11)15(21)14-10-20(18-17-14)13-6-4-12(16)5-7-13/h4-7,10-11H,2-3,8-9H2,1H3/t11-/m0/s1. The molecular weight excluding hydrogens is 332 g/mol. The fourth-order valence-electron chi connectivity index (χ4n) is 2.62. The number of amides is 1. The second kappa shape index (κ2) is 5.97. The number of hydrogen-bond donors (Lipinski definition) is 0. The number of halogens is 1. The summed E-state index contributed by atoms with van der Waals surface area (Å²) in [6.45, 7) is 3.80. The van der Waals surface area contributed by atoms with E-state index in [1.807, 2.05) is 29.2 Å². The summed E-state index contributed by atoms with van der Waals surface area (Å²) in [5, 5.41) is 8.08. The molecule has 5 nitrogen and oxygen atoms in total. The number of carbonyl (C=O) groups excluding carboxylic acids is 1. The Kier molecular flexibility index (Phi) is 4.05. The van der Waals surface area contributed by atoms with Gasteiger partial charge in [0.15, 0.2) is 5.69 Å². The lowest BCUT2D eigenvalue weighted by Crippen LogP contribution is -2.39. The van der Waals surface area contributed by atoms with Crippen LogP contribution in [0.1, 0.15) is 30.3 Å². The van der Waals surface area contributed by atoms with Crippen LogP contribution in [0.4, 0.5) is 0 Å². The van der Waals surface area contributed by atoms with E-state index in [4.69, 9.17) is 0 Å². The Labute approximate surface area is 132 Å². The minimum Gasteiger partial charge on any atom is -0.337 e. The summed E-state index contributed by atoms with van der Waals surface area (Å²) in [5.74, 6) is 0.536. The Morgan fingerprint density at radius 1 is 1.33 bits per heavy atom. The molecule has 2 aromatic rings. The van der Waals surface area contributed by atoms with Crippen LogP contribution < -0.4 is 0 Å². The van der Waals surface area contributed by atoms with E-state index in [1.54, 1.807) is 10.9 Å². The first-order chi connectivity index (χ1) is 10.1. The van der Waals surface area contributed by atoms with E-state index in [9.17, 15) is 4.79 Å². The van der Waals surface area contributed by atoms with Crippen LogP contribution in [0.3, 0.4) is 0 Å². The normalized spacial score (nSPS) is 18.8. The van der Waals surface area contributed by atoms with Gasteiger partial charge in [-0.2, -0.15) is 0 Å². The van der Waals surface area contributed by atoms with Gasteiger partial charge in [0.2, 0.25) is 0 Å². The molecule has 0 bridgehead atoms. The highest BCUT2D eigenvalue weighted by atomic mass is 79.9. The van der Waals surface area contributed by atoms with Crippen molar-refractivity contribution in [1.29, 1.82) is 0 Å². The fourth-order valence-corrected chi connectivity index (χ4v) is 2.88. The number of piperidine rings is 1. The van der Waals surface area contributed by atoms with Gasteiger partial charge in [0.25, 0.3) is 5.91 Å². The number of rotatable bonds is 2. The lowest BCUT2D eigenvalue weighted by Gasteiger charge is -2.30. The maximum absolute atomic E-state index is 12.4. The zero-order chi connectivity index (χ0) is 14.8. The lowest BCUT2D eigenvalue weighted by atomic mass is 10.0. The largest absolute Gasteiger partial charge is 0.337 e. The van der Waals surface area contributed by atoms with Crippen molar-refractivity contribution in [3.8, 4) is 5.69 Å². The molecule has 1 aliphatic rings. The highest BCUT2D eigenvalue weighted by Gasteiger charge is 2.24. The zero-order valence-corrected chi connectivity index (χ0v) is 13.5. The lowest BCUT2D eigenvalue weighted by molar-refractivity contribution is 0.0677. The Balaban J connectivity index is 1.78. The first kappa shape index (κ1) is 14.3. The molecule has 1 fully saturated rings. The summed E-state index contributed by atoms with van der Waals surface area (Å²) in [7, 11) is 0. The second-order valence-electron chi connectivity index (χ2n) is 5.52. The summed E-state index contributed by atoms with van der Waals surface area (Å²) in [4.78, 5) is 14.3. The molecule has 1 amide bonds. The predicted octanol–water partition coefficient (Wildman–Crippen LogP) is 2.90. The molecule has 6 heteroatoms. The van der Waals surface area contributed by atoms with E-state index in [0.717, 1.165) is 29.7 Å². The van der Waals surface area contributed by atoms with Gasteiger partial charge in [-0.15, -0.1) is 5.10 Å². The van der Waals surface area contributed by atoms with Gasteiger partial charge in [-0.3, -0.25) is 4.79 Å². The molecule has 0 radical (unpaired) electrons. The van der Waals surface area contributed by atoms with Crippen molar-refractivity contribution in [2.45, 2.75) is 19.8 Å². The highest BCUT2D eigenvalue weighted by Crippen LogP contribution is 2.18. The maximum atomic E-state index is 12.4. The van der Waals surface area contributed by atoms with Crippen LogP contribution in [0.5, 0.6) is 0 Å². The quantitative estimate of drug-likeness (QED) is 0.838. The second-order valence-corrected chi connectivity index (χ2v) is 6.44. The van der Waals surface area contributed by atoms with Crippen LogP contribution in [0.2, 0.25) is 0 Å². The van der Waals surface area contributed by atoms with E-state index in [1.165, 1.54) is 6.42 Å². The van der Waals surface area contributed by atoms with Crippen molar-refractivity contribution in [1.82, 2.24) is 19.9 Å². The third kappa shape index (κ3) is 3.15. The number of aromatic nitrogens is 3. The molecule has 21 heavy (non-hydrogen) atoms. The molecule has 1 atom stereocenters. The van der Waals surface area contributed by atoms with Gasteiger partial charge in [-0.05, 0) is 43.0 Å². The summed E-state index contributed by atoms with van der Waals surface area (Å²) in [6.07, 6.45) is 3.95. The van der Waals surface area contributed by atoms with E-state index in [0.29, 0.717) is 11.6 Å². The SMILES string of the molecule is C[C@H]1CCCN(C(=O)c2cn(-c3ccc(Br)cc3)nn2)C1. The minimum absolute atomic E-state index is 0.0232. The smallest absolute Gasteiger partial charge is 0.276 e. The van der Waals surface area contributed by atoms with Crippen LogP contribution in [0.25, 0.3) is 5.69 Å². The number of likely N-dealkylation sites (tertiary alicyclic amines) is 1. The molecule has 0 saturated carbocycles. The molecule has 110 valence electrons. The van der Waals surface area contributed by atoms with E-state index >= 15 is 0 Å². The molecular formula is C15H17BrN4O. The molecule has 0 spiro atoms. The Hall–Kier alpha value is -1.69. The molecule has 1 aromatic heterocycles. The third-order valence-corrected chi connectivity index (χ3v) is 4.28. The van der Waals surface area contributed by atoms with E-state index in [-0.39, 0.29) is 5.91 Å². The monoisotopic (exact) mass is 348 g/mol. The average molecular weight is 349 g/mol. The van der Waals surface area contributed by atoms with Crippen molar-refractivity contribution in [3.63, 3.8) is 0 Å². The van der Waals surface area contributed by atoms with Crippen molar-refractivity contribution in [3.05, 3.63) is 40.6 Å². The maximum Gasteiger partial charge on any atom is 0.276 e. The summed E-state index contributed by atoms with van der Waals surface area (Å²) < 4.78 is 2.64. The summed E-state index contributed by atoms with van der Waals surface area (Å²) in [5.41, 5.74) is 1.30. The molecule has 1 saturated heterocycles. The Morgan fingerprint density at radius 3 is 2.81 bits per heavy atom. The van der Waals surface area contributed by atoms with E-state index in [2.05, 4.69) is 33.2 Å². The van der Waals surface area contributed by atoms with Gasteiger partial charge in [0, 0.05) is 17.6 Å². The first-order valence-corrected chi connectivity index (χ1v) is 7.90. The minimum atomic E-state index is -0.0232. The van der Waals surface area contributed by atoms with Crippen molar-refractivity contribution >= 4 is 21.8 Å². The van der Waals surface area contributed by atoms with Crippen molar-refractivity contribution < 1.29 is 4.79 Å². The Bertz CT molecular complexity index is 637.